The number of furan rings is 1. The highest BCUT2D eigenvalue weighted by molar-refractivity contribution is 5.80. The molecule has 0 saturated heterocycles. The molecular weight excluding hydrogens is 504 g/mol. The summed E-state index contributed by atoms with van der Waals surface area (Å²) in [6.07, 6.45) is 7.23. The summed E-state index contributed by atoms with van der Waals surface area (Å²) in [5.74, 6) is 2.22. The van der Waals surface area contributed by atoms with Crippen molar-refractivity contribution < 1.29 is 9.15 Å². The first-order chi connectivity index (χ1) is 19.7. The van der Waals surface area contributed by atoms with Gasteiger partial charge >= 0.3 is 0 Å². The molecule has 9 nitrogen and oxygen atoms in total. The summed E-state index contributed by atoms with van der Waals surface area (Å²) in [5.41, 5.74) is 2.28. The van der Waals surface area contributed by atoms with Crippen LogP contribution in [-0.4, -0.2) is 36.7 Å². The van der Waals surface area contributed by atoms with Gasteiger partial charge in [0.05, 0.1) is 25.5 Å². The number of nitrogens with zero attached hydrogens (tertiary/aromatic N) is 5. The van der Waals surface area contributed by atoms with Gasteiger partial charge in [-0.3, -0.25) is 9.69 Å². The summed E-state index contributed by atoms with van der Waals surface area (Å²) >= 11 is 0. The van der Waals surface area contributed by atoms with E-state index in [1.165, 1.54) is 6.42 Å². The van der Waals surface area contributed by atoms with Crippen LogP contribution in [0.5, 0.6) is 5.75 Å². The lowest BCUT2D eigenvalue weighted by Gasteiger charge is -2.32. The van der Waals surface area contributed by atoms with Crippen LogP contribution in [0.3, 0.4) is 0 Å². The minimum atomic E-state index is -0.522. The number of aromatic amines is 1. The van der Waals surface area contributed by atoms with Gasteiger partial charge in [-0.25, -0.2) is 4.68 Å². The van der Waals surface area contributed by atoms with Crippen molar-refractivity contribution >= 4 is 10.9 Å². The monoisotopic (exact) mass is 538 g/mol. The molecule has 1 saturated carbocycles. The van der Waals surface area contributed by atoms with E-state index in [1.54, 1.807) is 6.26 Å². The quantitative estimate of drug-likeness (QED) is 0.240. The van der Waals surface area contributed by atoms with E-state index in [1.807, 2.05) is 66.2 Å². The summed E-state index contributed by atoms with van der Waals surface area (Å²) in [4.78, 5) is 19.1. The third-order valence-electron chi connectivity index (χ3n) is 7.67. The van der Waals surface area contributed by atoms with E-state index in [9.17, 15) is 4.79 Å². The highest BCUT2D eigenvalue weighted by Gasteiger charge is 2.33. The van der Waals surface area contributed by atoms with E-state index in [-0.39, 0.29) is 11.6 Å². The smallest absolute Gasteiger partial charge is 0.253 e. The lowest BCUT2D eigenvalue weighted by molar-refractivity contribution is 0.173. The average Bonchev–Trinajstić information content (AvgIpc) is 3.68. The zero-order chi connectivity index (χ0) is 27.3. The van der Waals surface area contributed by atoms with Crippen LogP contribution < -0.4 is 10.3 Å². The van der Waals surface area contributed by atoms with E-state index in [0.29, 0.717) is 31.1 Å². The van der Waals surface area contributed by atoms with Gasteiger partial charge in [0.1, 0.15) is 17.6 Å². The SMILES string of the molecule is CCOc1ccc2[nH]c(=O)c([C@@H](c3nnnn3C3CCCCC3)N(Cc3ccccc3)Cc3ccco3)cc2c1. The lowest BCUT2D eigenvalue weighted by Crippen LogP contribution is -2.35. The Hall–Kier alpha value is -4.24. The maximum absolute atomic E-state index is 13.8. The molecular formula is C31H34N6O3. The molecule has 0 radical (unpaired) electrons. The Kier molecular flexibility index (Phi) is 7.72. The maximum Gasteiger partial charge on any atom is 0.253 e. The molecule has 1 aliphatic rings. The Labute approximate surface area is 232 Å². The van der Waals surface area contributed by atoms with Crippen molar-refractivity contribution in [2.45, 2.75) is 64.2 Å². The molecule has 0 amide bonds. The number of tetrazole rings is 1. The molecule has 0 bridgehead atoms. The second-order valence-electron chi connectivity index (χ2n) is 10.4. The summed E-state index contributed by atoms with van der Waals surface area (Å²) in [6, 6.07) is 21.5. The number of H-pyrrole nitrogens is 1. The maximum atomic E-state index is 13.8. The largest absolute Gasteiger partial charge is 0.494 e. The van der Waals surface area contributed by atoms with Crippen LogP contribution in [0.25, 0.3) is 10.9 Å². The average molecular weight is 539 g/mol. The molecule has 3 aromatic heterocycles. The molecule has 206 valence electrons. The summed E-state index contributed by atoms with van der Waals surface area (Å²) < 4.78 is 13.5. The number of pyridine rings is 1. The zero-order valence-corrected chi connectivity index (χ0v) is 22.7. The first-order valence-corrected chi connectivity index (χ1v) is 14.1. The van der Waals surface area contributed by atoms with Crippen LogP contribution in [0.2, 0.25) is 0 Å². The molecule has 1 fully saturated rings. The van der Waals surface area contributed by atoms with Crippen LogP contribution in [0.1, 0.15) is 73.8 Å². The molecule has 1 N–H and O–H groups in total. The van der Waals surface area contributed by atoms with Gasteiger partial charge in [-0.2, -0.15) is 0 Å². The van der Waals surface area contributed by atoms with Crippen molar-refractivity contribution in [2.75, 3.05) is 6.61 Å². The number of benzene rings is 2. The van der Waals surface area contributed by atoms with Gasteiger partial charge in [-0.1, -0.05) is 49.6 Å². The fraction of sp³-hybridized carbons (Fsp3) is 0.355. The van der Waals surface area contributed by atoms with Crippen molar-refractivity contribution in [2.24, 2.45) is 0 Å². The second-order valence-corrected chi connectivity index (χ2v) is 10.4. The number of ether oxygens (including phenoxy) is 1. The lowest BCUT2D eigenvalue weighted by atomic mass is 9.95. The van der Waals surface area contributed by atoms with Crippen LogP contribution in [-0.2, 0) is 13.1 Å². The van der Waals surface area contributed by atoms with Crippen LogP contribution in [0, 0.1) is 0 Å². The molecule has 0 aliphatic heterocycles. The van der Waals surface area contributed by atoms with Gasteiger partial charge in [0.2, 0.25) is 0 Å². The number of rotatable bonds is 10. The molecule has 1 aliphatic carbocycles. The summed E-state index contributed by atoms with van der Waals surface area (Å²) in [7, 11) is 0. The second kappa shape index (κ2) is 11.9. The Bertz CT molecular complexity index is 1590. The van der Waals surface area contributed by atoms with Crippen molar-refractivity contribution in [3.05, 3.63) is 106 Å². The molecule has 2 aromatic carbocycles. The van der Waals surface area contributed by atoms with Crippen molar-refractivity contribution in [1.82, 2.24) is 30.1 Å². The number of hydrogen-bond acceptors (Lipinski definition) is 7. The van der Waals surface area contributed by atoms with E-state index in [4.69, 9.17) is 9.15 Å². The minimum Gasteiger partial charge on any atom is -0.494 e. The van der Waals surface area contributed by atoms with Gasteiger partial charge in [-0.05, 0) is 72.2 Å². The van der Waals surface area contributed by atoms with Crippen LogP contribution >= 0.6 is 0 Å². The van der Waals surface area contributed by atoms with E-state index in [2.05, 4.69) is 37.5 Å². The van der Waals surface area contributed by atoms with Gasteiger partial charge in [-0.15, -0.1) is 5.10 Å². The molecule has 6 rings (SSSR count). The molecule has 40 heavy (non-hydrogen) atoms. The van der Waals surface area contributed by atoms with Crippen LogP contribution in [0.15, 0.2) is 82.2 Å². The number of hydrogen-bond donors (Lipinski definition) is 1. The predicted molar refractivity (Wildman–Crippen MR) is 152 cm³/mol. The van der Waals surface area contributed by atoms with Gasteiger partial charge in [0.25, 0.3) is 5.56 Å². The first kappa shape index (κ1) is 26.0. The molecule has 1 atom stereocenters. The standard InChI is InChI=1S/C31H34N6O3/c1-2-39-25-15-16-28-23(18-25)19-27(31(38)32-28)29(30-33-34-35-37(30)24-12-7-4-8-13-24)36(21-26-14-9-17-40-26)20-22-10-5-3-6-11-22/h3,5-6,9-11,14-19,24,29H,2,4,7-8,12-13,20-21H2,1H3,(H,32,38)/t29-/m0/s1. The van der Waals surface area contributed by atoms with Gasteiger partial charge in [0, 0.05) is 23.0 Å². The van der Waals surface area contributed by atoms with E-state index in [0.717, 1.165) is 53.7 Å². The van der Waals surface area contributed by atoms with Gasteiger partial charge in [0.15, 0.2) is 5.82 Å². The summed E-state index contributed by atoms with van der Waals surface area (Å²) in [5, 5.41) is 14.1. The fourth-order valence-corrected chi connectivity index (χ4v) is 5.79. The zero-order valence-electron chi connectivity index (χ0n) is 22.7. The molecule has 3 heterocycles. The molecule has 5 aromatic rings. The Morgan fingerprint density at radius 1 is 1.05 bits per heavy atom. The number of aromatic nitrogens is 5. The van der Waals surface area contributed by atoms with Crippen LogP contribution in [0.4, 0.5) is 0 Å². The third-order valence-corrected chi connectivity index (χ3v) is 7.67. The molecule has 0 unspecified atom stereocenters. The number of fused-ring (bicyclic) bond motifs is 1. The highest BCUT2D eigenvalue weighted by atomic mass is 16.5. The topological polar surface area (TPSA) is 102 Å². The van der Waals surface area contributed by atoms with Crippen molar-refractivity contribution in [1.29, 1.82) is 0 Å². The van der Waals surface area contributed by atoms with Crippen molar-refractivity contribution in [3.8, 4) is 5.75 Å². The third kappa shape index (κ3) is 5.56. The van der Waals surface area contributed by atoms with Gasteiger partial charge < -0.3 is 14.1 Å². The van der Waals surface area contributed by atoms with E-state index < -0.39 is 6.04 Å². The normalized spacial score (nSPS) is 15.1. The molecule has 9 heteroatoms. The Morgan fingerprint density at radius 2 is 1.90 bits per heavy atom. The molecule has 0 spiro atoms. The predicted octanol–water partition coefficient (Wildman–Crippen LogP) is 5.80. The summed E-state index contributed by atoms with van der Waals surface area (Å²) in [6.45, 7) is 3.56. The Morgan fingerprint density at radius 3 is 2.67 bits per heavy atom. The highest BCUT2D eigenvalue weighted by Crippen LogP contribution is 2.35. The fourth-order valence-electron chi connectivity index (χ4n) is 5.79. The minimum absolute atomic E-state index is 0.169. The number of nitrogens with one attached hydrogen (secondary N) is 1. The first-order valence-electron chi connectivity index (χ1n) is 14.1. The van der Waals surface area contributed by atoms with E-state index >= 15 is 0 Å². The van der Waals surface area contributed by atoms with Crippen molar-refractivity contribution in [3.63, 3.8) is 0 Å². The Balaban J connectivity index is 1.52.